The summed E-state index contributed by atoms with van der Waals surface area (Å²) < 4.78 is 13.8. The first-order chi connectivity index (χ1) is 15.2. The Hall–Kier alpha value is -1.86. The van der Waals surface area contributed by atoms with E-state index in [0.29, 0.717) is 12.2 Å². The Kier molecular flexibility index (Phi) is 9.87. The summed E-state index contributed by atoms with van der Waals surface area (Å²) in [6.07, 6.45) is 8.19. The average Bonchev–Trinajstić information content (AvgIpc) is 2.79. The van der Waals surface area contributed by atoms with Gasteiger partial charge in [0.05, 0.1) is 18.8 Å². The third-order valence-electron chi connectivity index (χ3n) is 6.19. The van der Waals surface area contributed by atoms with E-state index in [0.717, 1.165) is 89.7 Å². The molecule has 0 spiro atoms. The zero-order valence-corrected chi connectivity index (χ0v) is 19.4. The lowest BCUT2D eigenvalue weighted by Crippen LogP contribution is -2.47. The Morgan fingerprint density at radius 2 is 2.06 bits per heavy atom. The zero-order valence-electron chi connectivity index (χ0n) is 19.4. The molecule has 2 aliphatic heterocycles. The molecule has 3 rings (SSSR count). The summed E-state index contributed by atoms with van der Waals surface area (Å²) in [5.41, 5.74) is 1.10. The Morgan fingerprint density at radius 1 is 1.23 bits per heavy atom. The van der Waals surface area contributed by atoms with Crippen molar-refractivity contribution >= 4 is 5.96 Å². The third kappa shape index (κ3) is 7.65. The van der Waals surface area contributed by atoms with Crippen molar-refractivity contribution in [1.82, 2.24) is 14.8 Å². The lowest BCUT2D eigenvalue weighted by Gasteiger charge is -2.35. The van der Waals surface area contributed by atoms with E-state index in [9.17, 15) is 4.79 Å². The summed E-state index contributed by atoms with van der Waals surface area (Å²) in [6.45, 7) is 10.1. The van der Waals surface area contributed by atoms with E-state index in [2.05, 4.69) is 17.1 Å². The van der Waals surface area contributed by atoms with Crippen LogP contribution < -0.4 is 10.9 Å². The molecule has 1 aromatic rings. The summed E-state index contributed by atoms with van der Waals surface area (Å²) in [4.78, 5) is 19.2. The molecule has 174 valence electrons. The van der Waals surface area contributed by atoms with Crippen molar-refractivity contribution < 1.29 is 9.47 Å². The van der Waals surface area contributed by atoms with Gasteiger partial charge in [0, 0.05) is 51.1 Å². The minimum atomic E-state index is 0.0805. The quantitative estimate of drug-likeness (QED) is 0.369. The number of nitrogens with one attached hydrogen (secondary N) is 1. The van der Waals surface area contributed by atoms with Gasteiger partial charge in [0.1, 0.15) is 0 Å². The van der Waals surface area contributed by atoms with Gasteiger partial charge in [0.2, 0.25) is 0 Å². The molecule has 0 bridgehead atoms. The number of likely N-dealkylation sites (tertiary alicyclic amines) is 1. The first-order valence-corrected chi connectivity index (χ1v) is 12.1. The lowest BCUT2D eigenvalue weighted by atomic mass is 10.1. The molecule has 2 aliphatic rings. The van der Waals surface area contributed by atoms with Crippen LogP contribution >= 0.6 is 0 Å². The number of rotatable bonds is 9. The largest absolute Gasteiger partial charge is 0.376 e. The predicted octanol–water partition coefficient (Wildman–Crippen LogP) is 2.95. The molecule has 0 saturated carbocycles. The molecule has 1 aromatic heterocycles. The number of unbranched alkanes of at least 4 members (excludes halogenated alkanes) is 1. The van der Waals surface area contributed by atoms with E-state index in [1.54, 1.807) is 6.07 Å². The maximum atomic E-state index is 12.0. The Morgan fingerprint density at radius 3 is 2.77 bits per heavy atom. The molecular formula is C24H40N4O3. The summed E-state index contributed by atoms with van der Waals surface area (Å²) >= 11 is 0. The molecular weight excluding hydrogens is 392 g/mol. The van der Waals surface area contributed by atoms with Crippen LogP contribution in [-0.2, 0) is 16.0 Å². The molecule has 1 atom stereocenters. The van der Waals surface area contributed by atoms with Gasteiger partial charge in [-0.2, -0.15) is 0 Å². The fourth-order valence-corrected chi connectivity index (χ4v) is 4.32. The average molecular weight is 433 g/mol. The number of aromatic nitrogens is 1. The second-order valence-electron chi connectivity index (χ2n) is 8.61. The van der Waals surface area contributed by atoms with Crippen molar-refractivity contribution in [3.8, 4) is 0 Å². The van der Waals surface area contributed by atoms with Crippen LogP contribution in [0.4, 0.5) is 0 Å². The highest BCUT2D eigenvalue weighted by atomic mass is 16.5. The first-order valence-electron chi connectivity index (χ1n) is 12.1. The topological polar surface area (TPSA) is 68.1 Å². The van der Waals surface area contributed by atoms with Crippen molar-refractivity contribution in [1.29, 1.82) is 0 Å². The number of pyridine rings is 1. The van der Waals surface area contributed by atoms with Crippen LogP contribution in [0.3, 0.4) is 0 Å². The fraction of sp³-hybridized carbons (Fsp3) is 0.750. The Bertz CT molecular complexity index is 735. The van der Waals surface area contributed by atoms with Crippen LogP contribution in [0.25, 0.3) is 0 Å². The molecule has 0 aromatic carbocycles. The number of aryl methyl sites for hydroxylation is 1. The molecule has 2 saturated heterocycles. The van der Waals surface area contributed by atoms with E-state index >= 15 is 0 Å². The second kappa shape index (κ2) is 12.9. The number of ether oxygens (including phenoxy) is 2. The second-order valence-corrected chi connectivity index (χ2v) is 8.61. The molecule has 0 amide bonds. The first kappa shape index (κ1) is 23.8. The Balaban J connectivity index is 1.38. The van der Waals surface area contributed by atoms with E-state index in [-0.39, 0.29) is 5.56 Å². The van der Waals surface area contributed by atoms with Gasteiger partial charge in [0.25, 0.3) is 5.56 Å². The van der Waals surface area contributed by atoms with Crippen molar-refractivity contribution in [2.75, 3.05) is 39.4 Å². The van der Waals surface area contributed by atoms with Gasteiger partial charge in [-0.25, -0.2) is 0 Å². The highest BCUT2D eigenvalue weighted by Gasteiger charge is 2.23. The van der Waals surface area contributed by atoms with Crippen molar-refractivity contribution in [2.45, 2.75) is 77.5 Å². The third-order valence-corrected chi connectivity index (χ3v) is 6.19. The molecule has 7 heteroatoms. The molecule has 2 fully saturated rings. The van der Waals surface area contributed by atoms with Crippen LogP contribution in [0.5, 0.6) is 0 Å². The van der Waals surface area contributed by atoms with Crippen LogP contribution in [0.1, 0.15) is 57.6 Å². The van der Waals surface area contributed by atoms with Crippen molar-refractivity contribution in [3.05, 3.63) is 34.2 Å². The molecule has 7 nitrogen and oxygen atoms in total. The minimum absolute atomic E-state index is 0.0805. The van der Waals surface area contributed by atoms with Crippen molar-refractivity contribution in [2.24, 2.45) is 4.99 Å². The normalized spacial score (nSPS) is 20.8. The SMILES string of the molecule is CCNC(=NCCCCn1c(C)cccc1=O)N1CCC(OCC2CCCCO2)CC1. The number of nitrogens with zero attached hydrogens (tertiary/aromatic N) is 3. The van der Waals surface area contributed by atoms with Gasteiger partial charge in [-0.1, -0.05) is 6.07 Å². The smallest absolute Gasteiger partial charge is 0.250 e. The fourth-order valence-electron chi connectivity index (χ4n) is 4.32. The molecule has 31 heavy (non-hydrogen) atoms. The number of hydrogen-bond donors (Lipinski definition) is 1. The minimum Gasteiger partial charge on any atom is -0.376 e. The Labute approximate surface area is 186 Å². The van der Waals surface area contributed by atoms with Gasteiger partial charge in [-0.15, -0.1) is 0 Å². The summed E-state index contributed by atoms with van der Waals surface area (Å²) in [6, 6.07) is 5.43. The highest BCUT2D eigenvalue weighted by Crippen LogP contribution is 2.18. The number of guanidine groups is 1. The summed E-state index contributed by atoms with van der Waals surface area (Å²) in [5.74, 6) is 1.00. The number of piperidine rings is 1. The van der Waals surface area contributed by atoms with E-state index in [1.807, 2.05) is 23.6 Å². The molecule has 3 heterocycles. The van der Waals surface area contributed by atoms with Crippen LogP contribution in [0.2, 0.25) is 0 Å². The van der Waals surface area contributed by atoms with Gasteiger partial charge in [-0.3, -0.25) is 9.79 Å². The van der Waals surface area contributed by atoms with Crippen LogP contribution in [0.15, 0.2) is 28.0 Å². The molecule has 1 unspecified atom stereocenters. The van der Waals surface area contributed by atoms with Crippen LogP contribution in [-0.4, -0.2) is 67.0 Å². The maximum absolute atomic E-state index is 12.0. The molecule has 0 aliphatic carbocycles. The van der Waals surface area contributed by atoms with Gasteiger partial charge >= 0.3 is 0 Å². The van der Waals surface area contributed by atoms with Crippen molar-refractivity contribution in [3.63, 3.8) is 0 Å². The monoisotopic (exact) mass is 432 g/mol. The van der Waals surface area contributed by atoms with E-state index in [1.165, 1.54) is 12.8 Å². The van der Waals surface area contributed by atoms with E-state index in [4.69, 9.17) is 14.5 Å². The van der Waals surface area contributed by atoms with Gasteiger partial charge < -0.3 is 24.3 Å². The summed E-state index contributed by atoms with van der Waals surface area (Å²) in [7, 11) is 0. The van der Waals surface area contributed by atoms with Gasteiger partial charge in [-0.05, 0) is 64.9 Å². The number of aliphatic imine (C=N–C) groups is 1. The summed E-state index contributed by atoms with van der Waals surface area (Å²) in [5, 5.41) is 3.44. The zero-order chi connectivity index (χ0) is 21.9. The standard InChI is InChI=1S/C24H40N4O3/c1-3-25-24(26-14-5-6-15-28-20(2)9-8-11-23(28)29)27-16-12-21(13-17-27)31-19-22-10-4-7-18-30-22/h8-9,11,21-22H,3-7,10,12-19H2,1-2H3,(H,25,26). The predicted molar refractivity (Wildman–Crippen MR) is 125 cm³/mol. The van der Waals surface area contributed by atoms with Crippen LogP contribution in [0, 0.1) is 6.92 Å². The lowest BCUT2D eigenvalue weighted by molar-refractivity contribution is -0.0721. The molecule has 1 N–H and O–H groups in total. The maximum Gasteiger partial charge on any atom is 0.250 e. The number of hydrogen-bond acceptors (Lipinski definition) is 4. The van der Waals surface area contributed by atoms with Gasteiger partial charge in [0.15, 0.2) is 5.96 Å². The highest BCUT2D eigenvalue weighted by molar-refractivity contribution is 5.80. The molecule has 0 radical (unpaired) electrons. The van der Waals surface area contributed by atoms with E-state index < -0.39 is 0 Å².